The van der Waals surface area contributed by atoms with E-state index in [-0.39, 0.29) is 0 Å². The molecule has 2 heteroatoms. The van der Waals surface area contributed by atoms with E-state index >= 15 is 0 Å². The summed E-state index contributed by atoms with van der Waals surface area (Å²) in [6.07, 6.45) is 3.76. The van der Waals surface area contributed by atoms with E-state index in [1.54, 1.807) is 0 Å². The van der Waals surface area contributed by atoms with Gasteiger partial charge in [0.15, 0.2) is 0 Å². The second-order valence-electron chi connectivity index (χ2n) is 6.30. The number of hydrogen-bond acceptors (Lipinski definition) is 2. The molecule has 2 rings (SSSR count). The molecule has 0 radical (unpaired) electrons. The first kappa shape index (κ1) is 14.5. The van der Waals surface area contributed by atoms with Crippen molar-refractivity contribution in [2.75, 3.05) is 20.1 Å². The zero-order chi connectivity index (χ0) is 13.9. The van der Waals surface area contributed by atoms with E-state index in [4.69, 9.17) is 0 Å². The second-order valence-corrected chi connectivity index (χ2v) is 6.30. The lowest BCUT2D eigenvalue weighted by molar-refractivity contribution is 0.158. The zero-order valence-electron chi connectivity index (χ0n) is 12.9. The van der Waals surface area contributed by atoms with E-state index in [1.807, 2.05) is 0 Å². The lowest BCUT2D eigenvalue weighted by atomic mass is 9.99. The van der Waals surface area contributed by atoms with Crippen molar-refractivity contribution < 1.29 is 0 Å². The number of hydrogen-bond donors (Lipinski definition) is 1. The van der Waals surface area contributed by atoms with Crippen LogP contribution in [-0.2, 0) is 6.42 Å². The van der Waals surface area contributed by atoms with Gasteiger partial charge in [0.1, 0.15) is 0 Å². The molecule has 1 heterocycles. The van der Waals surface area contributed by atoms with E-state index in [0.29, 0.717) is 11.6 Å². The van der Waals surface area contributed by atoms with Crippen LogP contribution in [0, 0.1) is 0 Å². The third-order valence-corrected chi connectivity index (χ3v) is 4.61. The van der Waals surface area contributed by atoms with E-state index < -0.39 is 0 Å². The zero-order valence-corrected chi connectivity index (χ0v) is 12.9. The highest BCUT2D eigenvalue weighted by Gasteiger charge is 2.33. The minimum Gasteiger partial charge on any atom is -0.312 e. The van der Waals surface area contributed by atoms with Crippen LogP contribution in [-0.4, -0.2) is 30.6 Å². The molecule has 1 unspecified atom stereocenters. The highest BCUT2D eigenvalue weighted by atomic mass is 15.2. The quantitative estimate of drug-likeness (QED) is 0.873. The van der Waals surface area contributed by atoms with Crippen LogP contribution in [0.5, 0.6) is 0 Å². The molecule has 106 valence electrons. The van der Waals surface area contributed by atoms with Crippen LogP contribution in [0.15, 0.2) is 24.3 Å². The molecule has 1 aliphatic heterocycles. The Kier molecular flexibility index (Phi) is 4.64. The molecule has 0 aromatic heterocycles. The number of nitrogens with zero attached hydrogens (tertiary/aromatic N) is 1. The summed E-state index contributed by atoms with van der Waals surface area (Å²) >= 11 is 0. The molecular formula is C17H28N2. The van der Waals surface area contributed by atoms with Gasteiger partial charge >= 0.3 is 0 Å². The SMILES string of the molecule is CCc1ccc(C(CN2CCCC2(C)C)NC)cc1. The van der Waals surface area contributed by atoms with E-state index in [2.05, 4.69) is 62.3 Å². The van der Waals surface area contributed by atoms with Crippen LogP contribution < -0.4 is 5.32 Å². The number of nitrogens with one attached hydrogen (secondary N) is 1. The van der Waals surface area contributed by atoms with Crippen molar-refractivity contribution in [1.82, 2.24) is 10.2 Å². The topological polar surface area (TPSA) is 15.3 Å². The van der Waals surface area contributed by atoms with Crippen molar-refractivity contribution >= 4 is 0 Å². The number of aryl methyl sites for hydroxylation is 1. The fraction of sp³-hybridized carbons (Fsp3) is 0.647. The van der Waals surface area contributed by atoms with Crippen LogP contribution in [0.1, 0.15) is 50.8 Å². The highest BCUT2D eigenvalue weighted by Crippen LogP contribution is 2.30. The molecular weight excluding hydrogens is 232 g/mol. The van der Waals surface area contributed by atoms with Gasteiger partial charge in [-0.2, -0.15) is 0 Å². The Morgan fingerprint density at radius 2 is 1.95 bits per heavy atom. The molecule has 2 nitrogen and oxygen atoms in total. The van der Waals surface area contributed by atoms with E-state index in [9.17, 15) is 0 Å². The van der Waals surface area contributed by atoms with E-state index in [1.165, 1.54) is 30.5 Å². The van der Waals surface area contributed by atoms with Crippen molar-refractivity contribution in [3.63, 3.8) is 0 Å². The molecule has 19 heavy (non-hydrogen) atoms. The molecule has 1 aromatic rings. The van der Waals surface area contributed by atoms with Gasteiger partial charge in [-0.15, -0.1) is 0 Å². The van der Waals surface area contributed by atoms with Crippen LogP contribution in [0.25, 0.3) is 0 Å². The number of likely N-dealkylation sites (N-methyl/N-ethyl adjacent to an activating group) is 1. The minimum absolute atomic E-state index is 0.360. The van der Waals surface area contributed by atoms with Crippen molar-refractivity contribution in [2.45, 2.75) is 51.6 Å². The number of likely N-dealkylation sites (tertiary alicyclic amines) is 1. The largest absolute Gasteiger partial charge is 0.312 e. The molecule has 0 saturated carbocycles. The molecule has 1 aromatic carbocycles. The first-order chi connectivity index (χ1) is 9.06. The van der Waals surface area contributed by atoms with Gasteiger partial charge < -0.3 is 5.32 Å². The first-order valence-electron chi connectivity index (χ1n) is 7.58. The summed E-state index contributed by atoms with van der Waals surface area (Å²) in [6.45, 7) is 9.28. The van der Waals surface area contributed by atoms with Crippen LogP contribution in [0.2, 0.25) is 0 Å². The van der Waals surface area contributed by atoms with E-state index in [0.717, 1.165) is 13.0 Å². The molecule has 1 N–H and O–H groups in total. The molecule has 0 spiro atoms. The summed E-state index contributed by atoms with van der Waals surface area (Å²) in [5, 5.41) is 3.48. The molecule has 1 aliphatic rings. The minimum atomic E-state index is 0.360. The summed E-state index contributed by atoms with van der Waals surface area (Å²) in [5.41, 5.74) is 3.18. The van der Waals surface area contributed by atoms with Gasteiger partial charge in [0.2, 0.25) is 0 Å². The second kappa shape index (κ2) is 6.06. The normalized spacial score (nSPS) is 20.6. The Morgan fingerprint density at radius 3 is 2.42 bits per heavy atom. The summed E-state index contributed by atoms with van der Waals surface area (Å²) in [7, 11) is 2.07. The van der Waals surface area contributed by atoms with Gasteiger partial charge in [0, 0.05) is 18.1 Å². The lowest BCUT2D eigenvalue weighted by Crippen LogP contribution is -2.42. The van der Waals surface area contributed by atoms with Crippen molar-refractivity contribution in [3.8, 4) is 0 Å². The standard InChI is InChI=1S/C17H28N2/c1-5-14-7-9-15(10-8-14)16(18-4)13-19-12-6-11-17(19,2)3/h7-10,16,18H,5-6,11-13H2,1-4H3. The Balaban J connectivity index is 2.07. The smallest absolute Gasteiger partial charge is 0.0447 e. The van der Waals surface area contributed by atoms with Crippen molar-refractivity contribution in [1.29, 1.82) is 0 Å². The Bertz CT molecular complexity index is 394. The summed E-state index contributed by atoms with van der Waals surface area (Å²) in [6, 6.07) is 9.51. The van der Waals surface area contributed by atoms with Gasteiger partial charge in [-0.3, -0.25) is 4.90 Å². The van der Waals surface area contributed by atoms with Gasteiger partial charge in [-0.1, -0.05) is 31.2 Å². The molecule has 0 amide bonds. The Labute approximate surface area is 118 Å². The van der Waals surface area contributed by atoms with Crippen molar-refractivity contribution in [3.05, 3.63) is 35.4 Å². The fourth-order valence-corrected chi connectivity index (χ4v) is 3.07. The lowest BCUT2D eigenvalue weighted by Gasteiger charge is -2.34. The number of benzene rings is 1. The highest BCUT2D eigenvalue weighted by molar-refractivity contribution is 5.25. The maximum atomic E-state index is 3.48. The summed E-state index contributed by atoms with van der Waals surface area (Å²) in [4.78, 5) is 2.63. The van der Waals surface area contributed by atoms with Gasteiger partial charge in [0.25, 0.3) is 0 Å². The van der Waals surface area contributed by atoms with Crippen molar-refractivity contribution in [2.24, 2.45) is 0 Å². The average Bonchev–Trinajstić information content (AvgIpc) is 2.75. The average molecular weight is 260 g/mol. The molecule has 1 fully saturated rings. The summed E-state index contributed by atoms with van der Waals surface area (Å²) in [5.74, 6) is 0. The number of rotatable bonds is 5. The Hall–Kier alpha value is -0.860. The third kappa shape index (κ3) is 3.37. The molecule has 0 bridgehead atoms. The van der Waals surface area contributed by atoms with Crippen LogP contribution in [0.4, 0.5) is 0 Å². The fourth-order valence-electron chi connectivity index (χ4n) is 3.07. The molecule has 0 aliphatic carbocycles. The molecule has 1 saturated heterocycles. The predicted molar refractivity (Wildman–Crippen MR) is 82.5 cm³/mol. The monoisotopic (exact) mass is 260 g/mol. The van der Waals surface area contributed by atoms with Gasteiger partial charge in [-0.25, -0.2) is 0 Å². The maximum Gasteiger partial charge on any atom is 0.0447 e. The van der Waals surface area contributed by atoms with Crippen LogP contribution >= 0.6 is 0 Å². The van der Waals surface area contributed by atoms with Gasteiger partial charge in [0.05, 0.1) is 0 Å². The third-order valence-electron chi connectivity index (χ3n) is 4.61. The van der Waals surface area contributed by atoms with Gasteiger partial charge in [-0.05, 0) is 57.8 Å². The van der Waals surface area contributed by atoms with Crippen LogP contribution in [0.3, 0.4) is 0 Å². The summed E-state index contributed by atoms with van der Waals surface area (Å²) < 4.78 is 0. The molecule has 1 atom stereocenters. The predicted octanol–water partition coefficient (Wildman–Crippen LogP) is 3.38. The Morgan fingerprint density at radius 1 is 1.26 bits per heavy atom. The first-order valence-corrected chi connectivity index (χ1v) is 7.58. The maximum absolute atomic E-state index is 3.48.